The van der Waals surface area contributed by atoms with Gasteiger partial charge >= 0.3 is 0 Å². The van der Waals surface area contributed by atoms with Crippen molar-refractivity contribution in [2.75, 3.05) is 20.2 Å². The number of carbonyl (C=O) groups is 1. The predicted molar refractivity (Wildman–Crippen MR) is 79.9 cm³/mol. The fraction of sp³-hybridized carbons (Fsp3) is 0.533. The Balaban J connectivity index is 1.96. The van der Waals surface area contributed by atoms with Gasteiger partial charge in [0.15, 0.2) is 5.78 Å². The van der Waals surface area contributed by atoms with E-state index in [2.05, 4.69) is 27.9 Å². The Bertz CT molecular complexity index is 461. The van der Waals surface area contributed by atoms with Gasteiger partial charge < -0.3 is 9.64 Å². The molecule has 1 aromatic carbocycles. The van der Waals surface area contributed by atoms with Gasteiger partial charge in [0, 0.05) is 16.1 Å². The molecule has 4 heteroatoms. The summed E-state index contributed by atoms with van der Waals surface area (Å²) in [4.78, 5) is 13.7. The molecule has 1 atom stereocenters. The number of likely N-dealkylation sites (tertiary alicyclic amines) is 1. The normalized spacial score (nSPS) is 20.3. The molecule has 0 aromatic heterocycles. The van der Waals surface area contributed by atoms with E-state index in [4.69, 9.17) is 4.74 Å². The summed E-state index contributed by atoms with van der Waals surface area (Å²) in [6, 6.07) is 6.05. The van der Waals surface area contributed by atoms with E-state index >= 15 is 0 Å². The Kier molecular flexibility index (Phi) is 4.99. The van der Waals surface area contributed by atoms with Crippen molar-refractivity contribution >= 4 is 21.7 Å². The molecule has 19 heavy (non-hydrogen) atoms. The number of carbonyl (C=O) groups excluding carboxylic acids is 1. The number of benzene rings is 1. The van der Waals surface area contributed by atoms with Crippen molar-refractivity contribution in [2.45, 2.75) is 32.2 Å². The lowest BCUT2D eigenvalue weighted by Gasteiger charge is -2.32. The molecule has 1 saturated heterocycles. The lowest BCUT2D eigenvalue weighted by Crippen LogP contribution is -2.40. The summed E-state index contributed by atoms with van der Waals surface area (Å²) in [7, 11) is 2.15. The molecule has 104 valence electrons. The minimum atomic E-state index is 0.0606. The Hall–Kier alpha value is -0.870. The maximum Gasteiger partial charge on any atom is 0.160 e. The Morgan fingerprint density at radius 3 is 2.89 bits per heavy atom. The van der Waals surface area contributed by atoms with Gasteiger partial charge in [0.05, 0.1) is 0 Å². The van der Waals surface area contributed by atoms with Crippen molar-refractivity contribution in [2.24, 2.45) is 0 Å². The molecule has 0 amide bonds. The Morgan fingerprint density at radius 1 is 1.47 bits per heavy atom. The van der Waals surface area contributed by atoms with Crippen LogP contribution in [0.1, 0.15) is 36.5 Å². The largest absolute Gasteiger partial charge is 0.492 e. The number of nitrogens with zero attached hydrogens (tertiary/aromatic N) is 1. The van der Waals surface area contributed by atoms with Gasteiger partial charge in [0.2, 0.25) is 0 Å². The smallest absolute Gasteiger partial charge is 0.160 e. The number of likely N-dealkylation sites (N-methyl/N-ethyl adjacent to an activating group) is 1. The molecule has 1 unspecified atom stereocenters. The van der Waals surface area contributed by atoms with E-state index in [9.17, 15) is 4.79 Å². The maximum absolute atomic E-state index is 11.3. The third-order valence-electron chi connectivity index (χ3n) is 3.68. The summed E-state index contributed by atoms with van der Waals surface area (Å²) in [6.07, 6.45) is 3.76. The zero-order valence-electron chi connectivity index (χ0n) is 11.5. The molecule has 2 rings (SSSR count). The monoisotopic (exact) mass is 325 g/mol. The second-order valence-electron chi connectivity index (χ2n) is 5.14. The summed E-state index contributed by atoms with van der Waals surface area (Å²) in [5.74, 6) is 0.876. The van der Waals surface area contributed by atoms with Crippen molar-refractivity contribution in [3.05, 3.63) is 28.2 Å². The van der Waals surface area contributed by atoms with Crippen LogP contribution in [-0.2, 0) is 0 Å². The molecular weight excluding hydrogens is 306 g/mol. The summed E-state index contributed by atoms with van der Waals surface area (Å²) in [5.41, 5.74) is 0.696. The first-order valence-electron chi connectivity index (χ1n) is 6.71. The molecule has 1 aliphatic heterocycles. The van der Waals surface area contributed by atoms with Gasteiger partial charge in [0.1, 0.15) is 12.4 Å². The zero-order chi connectivity index (χ0) is 13.8. The van der Waals surface area contributed by atoms with Crippen molar-refractivity contribution in [1.82, 2.24) is 4.90 Å². The van der Waals surface area contributed by atoms with Gasteiger partial charge in [-0.2, -0.15) is 0 Å². The second kappa shape index (κ2) is 6.53. The quantitative estimate of drug-likeness (QED) is 0.793. The van der Waals surface area contributed by atoms with Gasteiger partial charge in [-0.05, 0) is 67.5 Å². The van der Waals surface area contributed by atoms with E-state index in [1.165, 1.54) is 19.3 Å². The standard InChI is InChI=1S/C15H20BrNO2/c1-11(18)14-7-6-13(9-15(14)16)19-10-12-5-3-4-8-17(12)2/h6-7,9,12H,3-5,8,10H2,1-2H3. The first kappa shape index (κ1) is 14.5. The molecule has 3 nitrogen and oxygen atoms in total. The average molecular weight is 326 g/mol. The molecule has 0 bridgehead atoms. The van der Waals surface area contributed by atoms with E-state index < -0.39 is 0 Å². The van der Waals surface area contributed by atoms with Gasteiger partial charge in [-0.1, -0.05) is 6.42 Å². The molecule has 1 heterocycles. The highest BCUT2D eigenvalue weighted by Crippen LogP contribution is 2.24. The van der Waals surface area contributed by atoms with Crippen molar-refractivity contribution in [3.63, 3.8) is 0 Å². The molecule has 0 N–H and O–H groups in total. The lowest BCUT2D eigenvalue weighted by molar-refractivity contribution is 0.101. The van der Waals surface area contributed by atoms with Crippen LogP contribution in [0.4, 0.5) is 0 Å². The molecule has 1 fully saturated rings. The Labute approximate surface area is 123 Å². The zero-order valence-corrected chi connectivity index (χ0v) is 13.1. The molecule has 1 aromatic rings. The molecular formula is C15H20BrNO2. The lowest BCUT2D eigenvalue weighted by atomic mass is 10.0. The summed E-state index contributed by atoms with van der Waals surface area (Å²) in [5, 5.41) is 0. The summed E-state index contributed by atoms with van der Waals surface area (Å²) in [6.45, 7) is 3.43. The fourth-order valence-corrected chi connectivity index (χ4v) is 3.06. The molecule has 0 aliphatic carbocycles. The second-order valence-corrected chi connectivity index (χ2v) is 5.99. The van der Waals surface area contributed by atoms with Crippen LogP contribution in [0.15, 0.2) is 22.7 Å². The average Bonchev–Trinajstić information content (AvgIpc) is 2.37. The van der Waals surface area contributed by atoms with E-state index in [0.29, 0.717) is 18.2 Å². The van der Waals surface area contributed by atoms with Crippen LogP contribution >= 0.6 is 15.9 Å². The van der Waals surface area contributed by atoms with E-state index in [-0.39, 0.29) is 5.78 Å². The minimum absolute atomic E-state index is 0.0606. The molecule has 0 spiro atoms. The fourth-order valence-electron chi connectivity index (χ4n) is 2.42. The number of hydrogen-bond acceptors (Lipinski definition) is 3. The van der Waals surface area contributed by atoms with Crippen molar-refractivity contribution in [3.8, 4) is 5.75 Å². The van der Waals surface area contributed by atoms with E-state index in [1.54, 1.807) is 6.92 Å². The van der Waals surface area contributed by atoms with Gasteiger partial charge in [-0.3, -0.25) is 4.79 Å². The minimum Gasteiger partial charge on any atom is -0.492 e. The maximum atomic E-state index is 11.3. The third-order valence-corrected chi connectivity index (χ3v) is 4.34. The van der Waals surface area contributed by atoms with Crippen LogP contribution in [0.25, 0.3) is 0 Å². The van der Waals surface area contributed by atoms with Crippen LogP contribution in [0.3, 0.4) is 0 Å². The topological polar surface area (TPSA) is 29.5 Å². The van der Waals surface area contributed by atoms with E-state index in [0.717, 1.165) is 16.8 Å². The first-order valence-corrected chi connectivity index (χ1v) is 7.51. The number of Topliss-reactive ketones (excluding diaryl/α,β-unsaturated/α-hetero) is 1. The summed E-state index contributed by atoms with van der Waals surface area (Å²) < 4.78 is 6.65. The van der Waals surface area contributed by atoms with E-state index in [1.807, 2.05) is 18.2 Å². The number of hydrogen-bond donors (Lipinski definition) is 0. The number of rotatable bonds is 4. The highest BCUT2D eigenvalue weighted by Gasteiger charge is 2.19. The number of piperidine rings is 1. The summed E-state index contributed by atoms with van der Waals surface area (Å²) >= 11 is 3.41. The van der Waals surface area contributed by atoms with Gasteiger partial charge in [-0.25, -0.2) is 0 Å². The third kappa shape index (κ3) is 3.80. The van der Waals surface area contributed by atoms with Crippen LogP contribution in [0, 0.1) is 0 Å². The number of ketones is 1. The SMILES string of the molecule is CC(=O)c1ccc(OCC2CCCCN2C)cc1Br. The van der Waals surface area contributed by atoms with Crippen LogP contribution < -0.4 is 4.74 Å². The molecule has 0 saturated carbocycles. The number of halogens is 1. The van der Waals surface area contributed by atoms with Crippen LogP contribution in [-0.4, -0.2) is 36.9 Å². The molecule has 1 aliphatic rings. The first-order chi connectivity index (χ1) is 9.08. The van der Waals surface area contributed by atoms with Crippen LogP contribution in [0.5, 0.6) is 5.75 Å². The van der Waals surface area contributed by atoms with Crippen molar-refractivity contribution < 1.29 is 9.53 Å². The molecule has 0 radical (unpaired) electrons. The number of ether oxygens (including phenoxy) is 1. The van der Waals surface area contributed by atoms with Crippen LogP contribution in [0.2, 0.25) is 0 Å². The Morgan fingerprint density at radius 2 is 2.26 bits per heavy atom. The van der Waals surface area contributed by atoms with Gasteiger partial charge in [0.25, 0.3) is 0 Å². The van der Waals surface area contributed by atoms with Gasteiger partial charge in [-0.15, -0.1) is 0 Å². The predicted octanol–water partition coefficient (Wildman–Crippen LogP) is 3.51. The highest BCUT2D eigenvalue weighted by molar-refractivity contribution is 9.10. The van der Waals surface area contributed by atoms with Crippen molar-refractivity contribution in [1.29, 1.82) is 0 Å². The highest BCUT2D eigenvalue weighted by atomic mass is 79.9.